The van der Waals surface area contributed by atoms with Gasteiger partial charge in [-0.05, 0) is 22.4 Å². The summed E-state index contributed by atoms with van der Waals surface area (Å²) in [5.74, 6) is -1.27. The van der Waals surface area contributed by atoms with Crippen LogP contribution in [0.2, 0.25) is 0 Å². The first-order valence-electron chi connectivity index (χ1n) is 4.76. The lowest BCUT2D eigenvalue weighted by atomic mass is 10.3. The van der Waals surface area contributed by atoms with Gasteiger partial charge in [-0.3, -0.25) is 14.9 Å². The summed E-state index contributed by atoms with van der Waals surface area (Å²) in [6, 6.07) is 3.32. The largest absolute Gasteiger partial charge is 0.363 e. The topological polar surface area (TPSA) is 84.2 Å². The molecule has 2 N–H and O–H groups in total. The fourth-order valence-electron chi connectivity index (χ4n) is 1.11. The van der Waals surface area contributed by atoms with E-state index in [4.69, 9.17) is 0 Å². The van der Waals surface area contributed by atoms with E-state index in [9.17, 15) is 9.59 Å². The van der Waals surface area contributed by atoms with Crippen molar-refractivity contribution in [1.82, 2.24) is 10.5 Å². The maximum atomic E-state index is 11.4. The number of carbonyl (C=O) groups is 2. The van der Waals surface area contributed by atoms with Crippen LogP contribution in [-0.2, 0) is 16.1 Å². The Kier molecular flexibility index (Phi) is 3.51. The Balaban J connectivity index is 1.81. The molecule has 0 radical (unpaired) electrons. The Hall–Kier alpha value is -2.15. The van der Waals surface area contributed by atoms with E-state index in [1.807, 2.05) is 16.8 Å². The molecule has 7 heteroatoms. The molecule has 0 spiro atoms. The first-order valence-corrected chi connectivity index (χ1v) is 5.70. The smallest absolute Gasteiger partial charge is 0.314 e. The van der Waals surface area contributed by atoms with E-state index in [2.05, 4.69) is 20.3 Å². The zero-order chi connectivity index (χ0) is 12.1. The average molecular weight is 251 g/mol. The molecule has 0 bridgehead atoms. The molecule has 2 aromatic rings. The van der Waals surface area contributed by atoms with Crippen LogP contribution in [0, 0.1) is 0 Å². The minimum absolute atomic E-state index is 0.209. The summed E-state index contributed by atoms with van der Waals surface area (Å²) in [5.41, 5.74) is 0.956. The van der Waals surface area contributed by atoms with Crippen molar-refractivity contribution in [2.24, 2.45) is 0 Å². The third kappa shape index (κ3) is 3.15. The van der Waals surface area contributed by atoms with E-state index in [0.717, 1.165) is 5.56 Å². The zero-order valence-corrected chi connectivity index (χ0v) is 9.49. The molecule has 2 amide bonds. The highest BCUT2D eigenvalue weighted by molar-refractivity contribution is 7.07. The maximum absolute atomic E-state index is 11.4. The lowest BCUT2D eigenvalue weighted by Crippen LogP contribution is -2.34. The highest BCUT2D eigenvalue weighted by Gasteiger charge is 2.14. The van der Waals surface area contributed by atoms with E-state index >= 15 is 0 Å². The van der Waals surface area contributed by atoms with Gasteiger partial charge in [0.25, 0.3) is 0 Å². The normalized spacial score (nSPS) is 9.88. The molecule has 2 heterocycles. The van der Waals surface area contributed by atoms with E-state index in [1.54, 1.807) is 0 Å². The molecule has 0 unspecified atom stereocenters. The zero-order valence-electron chi connectivity index (χ0n) is 8.67. The van der Waals surface area contributed by atoms with Crippen molar-refractivity contribution < 1.29 is 14.1 Å². The first kappa shape index (κ1) is 11.3. The predicted molar refractivity (Wildman–Crippen MR) is 61.3 cm³/mol. The van der Waals surface area contributed by atoms with Crippen molar-refractivity contribution in [1.29, 1.82) is 0 Å². The standard InChI is InChI=1S/C10H9N3O3S/c14-9(11-5-7-2-4-17-6-7)10(15)12-8-1-3-16-13-8/h1-4,6H,5H2,(H,11,14)(H,12,13,15). The van der Waals surface area contributed by atoms with Crippen LogP contribution in [0.25, 0.3) is 0 Å². The van der Waals surface area contributed by atoms with Gasteiger partial charge in [-0.2, -0.15) is 11.3 Å². The van der Waals surface area contributed by atoms with E-state index < -0.39 is 11.8 Å². The number of amides is 2. The van der Waals surface area contributed by atoms with Crippen LogP contribution in [0.5, 0.6) is 0 Å². The van der Waals surface area contributed by atoms with Gasteiger partial charge in [0.15, 0.2) is 5.82 Å². The SMILES string of the molecule is O=C(NCc1ccsc1)C(=O)Nc1ccon1. The summed E-state index contributed by atoms with van der Waals surface area (Å²) in [6.45, 7) is 0.328. The Morgan fingerprint density at radius 2 is 2.24 bits per heavy atom. The molecule has 2 aromatic heterocycles. The molecule has 2 rings (SSSR count). The van der Waals surface area contributed by atoms with Gasteiger partial charge in [0, 0.05) is 12.6 Å². The molecule has 17 heavy (non-hydrogen) atoms. The fraction of sp³-hybridized carbons (Fsp3) is 0.100. The van der Waals surface area contributed by atoms with Gasteiger partial charge in [-0.15, -0.1) is 0 Å². The van der Waals surface area contributed by atoms with Crippen molar-refractivity contribution >= 4 is 29.0 Å². The van der Waals surface area contributed by atoms with E-state index in [1.165, 1.54) is 23.7 Å². The summed E-state index contributed by atoms with van der Waals surface area (Å²) in [5, 5.41) is 12.1. The Morgan fingerprint density at radius 3 is 2.88 bits per heavy atom. The molecule has 0 aliphatic rings. The molecule has 0 atom stereocenters. The van der Waals surface area contributed by atoms with Crippen LogP contribution in [0.1, 0.15) is 5.56 Å². The van der Waals surface area contributed by atoms with Gasteiger partial charge < -0.3 is 9.84 Å². The number of carbonyl (C=O) groups excluding carboxylic acids is 2. The van der Waals surface area contributed by atoms with Crippen LogP contribution in [0.3, 0.4) is 0 Å². The van der Waals surface area contributed by atoms with Crippen molar-refractivity contribution in [2.75, 3.05) is 5.32 Å². The molecule has 6 nitrogen and oxygen atoms in total. The van der Waals surface area contributed by atoms with Crippen molar-refractivity contribution in [3.8, 4) is 0 Å². The number of anilines is 1. The molecule has 0 aliphatic heterocycles. The number of rotatable bonds is 3. The second kappa shape index (κ2) is 5.26. The molecule has 0 aliphatic carbocycles. The number of thiophene rings is 1. The van der Waals surface area contributed by atoms with Gasteiger partial charge in [0.1, 0.15) is 6.26 Å². The molecule has 0 saturated heterocycles. The van der Waals surface area contributed by atoms with Crippen LogP contribution in [0.15, 0.2) is 33.7 Å². The van der Waals surface area contributed by atoms with E-state index in [-0.39, 0.29) is 5.82 Å². The highest BCUT2D eigenvalue weighted by atomic mass is 32.1. The monoisotopic (exact) mass is 251 g/mol. The summed E-state index contributed by atoms with van der Waals surface area (Å²) in [6.07, 6.45) is 1.30. The Bertz CT molecular complexity index is 493. The lowest BCUT2D eigenvalue weighted by Gasteiger charge is -2.02. The summed E-state index contributed by atoms with van der Waals surface area (Å²) >= 11 is 1.53. The van der Waals surface area contributed by atoms with Crippen molar-refractivity contribution in [3.63, 3.8) is 0 Å². The average Bonchev–Trinajstić information content (AvgIpc) is 2.98. The Morgan fingerprint density at radius 1 is 1.35 bits per heavy atom. The highest BCUT2D eigenvalue weighted by Crippen LogP contribution is 2.05. The molecule has 0 saturated carbocycles. The minimum atomic E-state index is -0.769. The number of hydrogen-bond donors (Lipinski definition) is 2. The third-order valence-corrected chi connectivity index (χ3v) is 2.65. The second-order valence-electron chi connectivity index (χ2n) is 3.15. The number of aromatic nitrogens is 1. The summed E-state index contributed by atoms with van der Waals surface area (Å²) in [7, 11) is 0. The third-order valence-electron chi connectivity index (χ3n) is 1.92. The lowest BCUT2D eigenvalue weighted by molar-refractivity contribution is -0.136. The first-order chi connectivity index (χ1) is 8.25. The van der Waals surface area contributed by atoms with Crippen LogP contribution in [0.4, 0.5) is 5.82 Å². The van der Waals surface area contributed by atoms with E-state index in [0.29, 0.717) is 6.54 Å². The van der Waals surface area contributed by atoms with Gasteiger partial charge in [0.05, 0.1) is 0 Å². The van der Waals surface area contributed by atoms with Crippen molar-refractivity contribution in [3.05, 3.63) is 34.7 Å². The summed E-state index contributed by atoms with van der Waals surface area (Å²) in [4.78, 5) is 22.8. The minimum Gasteiger partial charge on any atom is -0.363 e. The quantitative estimate of drug-likeness (QED) is 0.797. The van der Waals surface area contributed by atoms with Gasteiger partial charge in [-0.25, -0.2) is 0 Å². The van der Waals surface area contributed by atoms with Gasteiger partial charge >= 0.3 is 11.8 Å². The van der Waals surface area contributed by atoms with Gasteiger partial charge in [-0.1, -0.05) is 5.16 Å². The number of nitrogens with one attached hydrogen (secondary N) is 2. The number of hydrogen-bond acceptors (Lipinski definition) is 5. The molecular weight excluding hydrogens is 242 g/mol. The predicted octanol–water partition coefficient (Wildman–Crippen LogP) is 0.991. The van der Waals surface area contributed by atoms with Crippen LogP contribution in [-0.4, -0.2) is 17.0 Å². The maximum Gasteiger partial charge on any atom is 0.314 e. The fourth-order valence-corrected chi connectivity index (χ4v) is 1.77. The molecule has 0 aromatic carbocycles. The number of nitrogens with zero attached hydrogens (tertiary/aromatic N) is 1. The molecule has 88 valence electrons. The van der Waals surface area contributed by atoms with Crippen LogP contribution < -0.4 is 10.6 Å². The molecular formula is C10H9N3O3S. The summed E-state index contributed by atoms with van der Waals surface area (Å²) < 4.78 is 4.52. The molecule has 0 fully saturated rings. The van der Waals surface area contributed by atoms with Crippen molar-refractivity contribution in [2.45, 2.75) is 6.54 Å². The van der Waals surface area contributed by atoms with Gasteiger partial charge in [0.2, 0.25) is 0 Å². The Labute approximate surface area is 101 Å². The second-order valence-corrected chi connectivity index (χ2v) is 3.93. The van der Waals surface area contributed by atoms with Crippen LogP contribution >= 0.6 is 11.3 Å².